The summed E-state index contributed by atoms with van der Waals surface area (Å²) in [6.07, 6.45) is 6.12. The van der Waals surface area contributed by atoms with Crippen LogP contribution >= 0.6 is 0 Å². The molecule has 0 unspecified atom stereocenters. The van der Waals surface area contributed by atoms with Crippen molar-refractivity contribution in [1.82, 2.24) is 0 Å². The van der Waals surface area contributed by atoms with Gasteiger partial charge in [-0.3, -0.25) is 4.79 Å². The first-order valence-electron chi connectivity index (χ1n) is 9.65. The summed E-state index contributed by atoms with van der Waals surface area (Å²) in [4.78, 5) is 12.8. The van der Waals surface area contributed by atoms with Crippen LogP contribution in [0.3, 0.4) is 0 Å². The Hall–Kier alpha value is -1.55. The Kier molecular flexibility index (Phi) is 9.58. The molecule has 0 fully saturated rings. The Balaban J connectivity index is 2.74. The number of carbonyl (C=O) groups is 1. The van der Waals surface area contributed by atoms with Gasteiger partial charge in [-0.25, -0.2) is 0 Å². The predicted octanol–water partition coefficient (Wildman–Crippen LogP) is 5.49. The van der Waals surface area contributed by atoms with Crippen molar-refractivity contribution in [2.24, 2.45) is 0 Å². The zero-order valence-corrected chi connectivity index (χ0v) is 16.6. The average Bonchev–Trinajstić information content (AvgIpc) is 2.57. The molecule has 4 nitrogen and oxygen atoms in total. The highest BCUT2D eigenvalue weighted by molar-refractivity contribution is 5.97. The first kappa shape index (κ1) is 21.5. The lowest BCUT2D eigenvalue weighted by Crippen LogP contribution is -2.42. The molecule has 0 bridgehead atoms. The van der Waals surface area contributed by atoms with Crippen LogP contribution in [0.4, 0.5) is 5.69 Å². The third kappa shape index (κ3) is 7.07. The van der Waals surface area contributed by atoms with Crippen molar-refractivity contribution in [2.45, 2.75) is 78.7 Å². The fourth-order valence-corrected chi connectivity index (χ4v) is 2.76. The van der Waals surface area contributed by atoms with Gasteiger partial charge in [0.05, 0.1) is 6.61 Å². The quantitative estimate of drug-likeness (QED) is 0.508. The second-order valence-corrected chi connectivity index (χ2v) is 6.76. The standard InChI is InChI=1S/C21H35NO3/c1-6-9-11-14-21(5,25-8-3)20(23)22-18-12-13-19(17(4)16-18)24-15-10-7-2/h12-13,16H,6-11,14-15H2,1-5H3,(H,22,23)/t21-/m1/s1. The minimum Gasteiger partial charge on any atom is -0.493 e. The highest BCUT2D eigenvalue weighted by Gasteiger charge is 2.33. The van der Waals surface area contributed by atoms with Gasteiger partial charge in [0, 0.05) is 12.3 Å². The smallest absolute Gasteiger partial charge is 0.256 e. The van der Waals surface area contributed by atoms with Crippen LogP contribution in [0.1, 0.15) is 71.8 Å². The fourth-order valence-electron chi connectivity index (χ4n) is 2.76. The van der Waals surface area contributed by atoms with E-state index in [-0.39, 0.29) is 5.91 Å². The van der Waals surface area contributed by atoms with Gasteiger partial charge >= 0.3 is 0 Å². The number of hydrogen-bond acceptors (Lipinski definition) is 3. The van der Waals surface area contributed by atoms with Crippen molar-refractivity contribution in [2.75, 3.05) is 18.5 Å². The molecule has 1 amide bonds. The molecule has 1 N–H and O–H groups in total. The van der Waals surface area contributed by atoms with Gasteiger partial charge in [-0.05, 0) is 57.4 Å². The number of ether oxygens (including phenoxy) is 2. The van der Waals surface area contributed by atoms with Gasteiger partial charge in [0.1, 0.15) is 11.4 Å². The molecule has 0 radical (unpaired) electrons. The third-order valence-electron chi connectivity index (χ3n) is 4.39. The third-order valence-corrected chi connectivity index (χ3v) is 4.39. The van der Waals surface area contributed by atoms with Gasteiger partial charge < -0.3 is 14.8 Å². The number of hydrogen-bond donors (Lipinski definition) is 1. The minimum atomic E-state index is -0.784. The van der Waals surface area contributed by atoms with Crippen molar-refractivity contribution < 1.29 is 14.3 Å². The zero-order valence-electron chi connectivity index (χ0n) is 16.6. The zero-order chi connectivity index (χ0) is 18.7. The molecule has 1 aromatic rings. The van der Waals surface area contributed by atoms with E-state index in [2.05, 4.69) is 19.2 Å². The first-order valence-corrected chi connectivity index (χ1v) is 9.65. The van der Waals surface area contributed by atoms with E-state index in [0.29, 0.717) is 6.61 Å². The lowest BCUT2D eigenvalue weighted by Gasteiger charge is -2.28. The normalized spacial score (nSPS) is 13.3. The van der Waals surface area contributed by atoms with Gasteiger partial charge in [0.25, 0.3) is 5.91 Å². The molecule has 142 valence electrons. The number of anilines is 1. The van der Waals surface area contributed by atoms with E-state index in [4.69, 9.17) is 9.47 Å². The average molecular weight is 350 g/mol. The van der Waals surface area contributed by atoms with Crippen molar-refractivity contribution in [3.63, 3.8) is 0 Å². The highest BCUT2D eigenvalue weighted by atomic mass is 16.5. The van der Waals surface area contributed by atoms with Crippen LogP contribution in [-0.2, 0) is 9.53 Å². The number of amides is 1. The summed E-state index contributed by atoms with van der Waals surface area (Å²) in [7, 11) is 0. The molecule has 0 spiro atoms. The van der Waals surface area contributed by atoms with Crippen LogP contribution in [0.25, 0.3) is 0 Å². The Morgan fingerprint density at radius 1 is 1.12 bits per heavy atom. The van der Waals surface area contributed by atoms with Crippen molar-refractivity contribution in [3.05, 3.63) is 23.8 Å². The predicted molar refractivity (Wildman–Crippen MR) is 104 cm³/mol. The lowest BCUT2D eigenvalue weighted by molar-refractivity contribution is -0.139. The van der Waals surface area contributed by atoms with Crippen molar-refractivity contribution >= 4 is 11.6 Å². The van der Waals surface area contributed by atoms with Crippen LogP contribution in [0.2, 0.25) is 0 Å². The molecule has 25 heavy (non-hydrogen) atoms. The van der Waals surface area contributed by atoms with E-state index in [1.54, 1.807) is 0 Å². The molecule has 1 atom stereocenters. The van der Waals surface area contributed by atoms with Gasteiger partial charge in [-0.2, -0.15) is 0 Å². The summed E-state index contributed by atoms with van der Waals surface area (Å²) >= 11 is 0. The second kappa shape index (κ2) is 11.1. The summed E-state index contributed by atoms with van der Waals surface area (Å²) in [5, 5.41) is 3.01. The van der Waals surface area contributed by atoms with Crippen molar-refractivity contribution in [1.29, 1.82) is 0 Å². The van der Waals surface area contributed by atoms with Crippen LogP contribution in [0, 0.1) is 6.92 Å². The molecule has 1 rings (SSSR count). The van der Waals surface area contributed by atoms with Gasteiger partial charge in [-0.1, -0.05) is 39.5 Å². The number of aryl methyl sites for hydroxylation is 1. The number of nitrogens with one attached hydrogen (secondary N) is 1. The maximum atomic E-state index is 12.8. The molecule has 0 saturated carbocycles. The van der Waals surface area contributed by atoms with E-state index < -0.39 is 5.60 Å². The largest absolute Gasteiger partial charge is 0.493 e. The maximum absolute atomic E-state index is 12.8. The van der Waals surface area contributed by atoms with Gasteiger partial charge in [0.2, 0.25) is 0 Å². The van der Waals surface area contributed by atoms with E-state index in [1.807, 2.05) is 39.0 Å². The molecule has 0 aliphatic carbocycles. The molecule has 1 aromatic carbocycles. The highest BCUT2D eigenvalue weighted by Crippen LogP contribution is 2.25. The summed E-state index contributed by atoms with van der Waals surface area (Å²) in [6, 6.07) is 5.78. The maximum Gasteiger partial charge on any atom is 0.256 e. The topological polar surface area (TPSA) is 47.6 Å². The van der Waals surface area contributed by atoms with Gasteiger partial charge in [-0.15, -0.1) is 0 Å². The summed E-state index contributed by atoms with van der Waals surface area (Å²) in [6.45, 7) is 11.4. The van der Waals surface area contributed by atoms with Crippen LogP contribution in [0.5, 0.6) is 5.75 Å². The lowest BCUT2D eigenvalue weighted by atomic mass is 9.96. The van der Waals surface area contributed by atoms with Crippen LogP contribution < -0.4 is 10.1 Å². The molecule has 0 aliphatic heterocycles. The summed E-state index contributed by atoms with van der Waals surface area (Å²) < 4.78 is 11.6. The van der Waals surface area contributed by atoms with Crippen LogP contribution in [0.15, 0.2) is 18.2 Å². The Labute approximate surface area is 153 Å². The van der Waals surface area contributed by atoms with Crippen LogP contribution in [-0.4, -0.2) is 24.7 Å². The number of carbonyl (C=O) groups excluding carboxylic acids is 1. The number of unbranched alkanes of at least 4 members (excludes halogenated alkanes) is 3. The monoisotopic (exact) mass is 349 g/mol. The minimum absolute atomic E-state index is 0.0792. The number of benzene rings is 1. The Morgan fingerprint density at radius 2 is 1.84 bits per heavy atom. The van der Waals surface area contributed by atoms with E-state index >= 15 is 0 Å². The van der Waals surface area contributed by atoms with Crippen molar-refractivity contribution in [3.8, 4) is 5.75 Å². The molecule has 0 heterocycles. The molecular weight excluding hydrogens is 314 g/mol. The molecule has 0 aliphatic rings. The molecule has 0 aromatic heterocycles. The number of rotatable bonds is 12. The summed E-state index contributed by atoms with van der Waals surface area (Å²) in [5.41, 5.74) is 1.03. The molecular formula is C21H35NO3. The Bertz CT molecular complexity index is 530. The van der Waals surface area contributed by atoms with E-state index in [1.165, 1.54) is 0 Å². The SMILES string of the molecule is CCCCC[C@@](C)(OCC)C(=O)Nc1ccc(OCCCC)c(C)c1. The summed E-state index contributed by atoms with van der Waals surface area (Å²) in [5.74, 6) is 0.798. The first-order chi connectivity index (χ1) is 12.0. The second-order valence-electron chi connectivity index (χ2n) is 6.76. The Morgan fingerprint density at radius 3 is 2.44 bits per heavy atom. The fraction of sp³-hybridized carbons (Fsp3) is 0.667. The molecule has 0 saturated heterocycles. The molecule has 4 heteroatoms. The van der Waals surface area contributed by atoms with E-state index in [0.717, 1.165) is 62.1 Å². The van der Waals surface area contributed by atoms with Gasteiger partial charge in [0.15, 0.2) is 0 Å². The van der Waals surface area contributed by atoms with E-state index in [9.17, 15) is 4.79 Å².